The first-order chi connectivity index (χ1) is 21.9. The molecule has 2 aliphatic heterocycles. The predicted molar refractivity (Wildman–Crippen MR) is 175 cm³/mol. The Bertz CT molecular complexity index is 1620. The van der Waals surface area contributed by atoms with E-state index >= 15 is 0 Å². The van der Waals surface area contributed by atoms with E-state index in [1.807, 2.05) is 4.90 Å². The summed E-state index contributed by atoms with van der Waals surface area (Å²) in [6.45, 7) is 11.1. The number of aromatic nitrogens is 3. The maximum Gasteiger partial charge on any atom is 0.245 e. The monoisotopic (exact) mass is 626 g/mol. The molecule has 4 aliphatic rings. The summed E-state index contributed by atoms with van der Waals surface area (Å²) >= 11 is 1.50. The van der Waals surface area contributed by atoms with Crippen molar-refractivity contribution in [1.29, 1.82) is 5.26 Å². The highest BCUT2D eigenvalue weighted by atomic mass is 32.1. The Labute approximate surface area is 268 Å². The molecule has 0 aromatic carbocycles. The van der Waals surface area contributed by atoms with Crippen LogP contribution in [0.25, 0.3) is 11.5 Å². The van der Waals surface area contributed by atoms with Crippen LogP contribution in [0.1, 0.15) is 91.7 Å². The molecule has 2 aliphatic carbocycles. The van der Waals surface area contributed by atoms with Crippen molar-refractivity contribution in [3.05, 3.63) is 52.2 Å². The Balaban J connectivity index is 1.20. The molecule has 0 spiro atoms. The maximum atomic E-state index is 12.2. The zero-order chi connectivity index (χ0) is 31.1. The molecule has 5 heterocycles. The van der Waals surface area contributed by atoms with Gasteiger partial charge in [0.1, 0.15) is 22.6 Å². The van der Waals surface area contributed by atoms with Crippen LogP contribution in [0.4, 0.5) is 10.8 Å². The minimum atomic E-state index is -0.584. The number of nitriles is 1. The summed E-state index contributed by atoms with van der Waals surface area (Å²) in [4.78, 5) is 30.4. The van der Waals surface area contributed by atoms with Crippen LogP contribution in [-0.4, -0.2) is 76.1 Å². The van der Waals surface area contributed by atoms with Crippen LogP contribution in [-0.2, 0) is 16.6 Å². The number of aryl methyl sites for hydroxylation is 1. The number of fused-ring (bicyclic) bond motifs is 1. The van der Waals surface area contributed by atoms with E-state index in [0.717, 1.165) is 80.6 Å². The number of piperidine rings is 1. The molecular formula is C34H42N8O2S. The summed E-state index contributed by atoms with van der Waals surface area (Å²) < 4.78 is 6.00. The van der Waals surface area contributed by atoms with Crippen molar-refractivity contribution < 1.29 is 9.32 Å². The second kappa shape index (κ2) is 12.2. The number of nitrogens with zero attached hydrogens (tertiary/aromatic N) is 7. The Morgan fingerprint density at radius 1 is 1.11 bits per heavy atom. The van der Waals surface area contributed by atoms with E-state index in [9.17, 15) is 10.1 Å². The molecule has 3 fully saturated rings. The Hall–Kier alpha value is -3.75. The van der Waals surface area contributed by atoms with Gasteiger partial charge in [-0.25, -0.2) is 4.98 Å². The van der Waals surface area contributed by atoms with Crippen molar-refractivity contribution in [1.82, 2.24) is 24.9 Å². The van der Waals surface area contributed by atoms with Gasteiger partial charge in [-0.2, -0.15) is 10.2 Å². The van der Waals surface area contributed by atoms with Gasteiger partial charge in [-0.05, 0) is 81.6 Å². The molecule has 1 atom stereocenters. The molecular weight excluding hydrogens is 584 g/mol. The lowest BCUT2D eigenvalue weighted by Gasteiger charge is -2.39. The fourth-order valence-corrected chi connectivity index (χ4v) is 9.25. The molecule has 11 heteroatoms. The molecule has 0 radical (unpaired) electrons. The lowest BCUT2D eigenvalue weighted by molar-refractivity contribution is -0.127. The molecule has 236 valence electrons. The number of piperazine rings is 1. The smallest absolute Gasteiger partial charge is 0.245 e. The summed E-state index contributed by atoms with van der Waals surface area (Å²) in [6.07, 6.45) is 11.2. The SMILES string of the molecule is C=CC(=O)N1CCC(c2cc(-c3noc(C4(C)CCCc5sc(N)c(C#N)c54)n3)nc(N3CCN(C4CCCC4)CC3)c2)CC1. The van der Waals surface area contributed by atoms with Crippen molar-refractivity contribution in [3.63, 3.8) is 0 Å². The van der Waals surface area contributed by atoms with Crippen LogP contribution in [0.15, 0.2) is 29.3 Å². The first-order valence-corrected chi connectivity index (χ1v) is 17.3. The number of anilines is 2. The van der Waals surface area contributed by atoms with Crippen molar-refractivity contribution >= 4 is 28.1 Å². The van der Waals surface area contributed by atoms with Gasteiger partial charge >= 0.3 is 0 Å². The number of amides is 1. The molecule has 3 aromatic heterocycles. The third kappa shape index (κ3) is 5.52. The first kappa shape index (κ1) is 29.9. The maximum absolute atomic E-state index is 12.2. The number of carbonyl (C=O) groups excluding carboxylic acids is 1. The van der Waals surface area contributed by atoms with E-state index < -0.39 is 5.41 Å². The van der Waals surface area contributed by atoms with E-state index in [1.54, 1.807) is 0 Å². The highest BCUT2D eigenvalue weighted by molar-refractivity contribution is 7.16. The zero-order valence-corrected chi connectivity index (χ0v) is 26.9. The van der Waals surface area contributed by atoms with E-state index in [0.29, 0.717) is 47.0 Å². The average Bonchev–Trinajstić information content (AvgIpc) is 3.85. The van der Waals surface area contributed by atoms with Gasteiger partial charge in [-0.1, -0.05) is 24.6 Å². The summed E-state index contributed by atoms with van der Waals surface area (Å²) in [5.41, 5.74) is 9.06. The molecule has 10 nitrogen and oxygen atoms in total. The van der Waals surface area contributed by atoms with Crippen LogP contribution < -0.4 is 10.6 Å². The number of hydrogen-bond acceptors (Lipinski definition) is 10. The molecule has 45 heavy (non-hydrogen) atoms. The van der Waals surface area contributed by atoms with Gasteiger partial charge in [-0.3, -0.25) is 9.69 Å². The van der Waals surface area contributed by atoms with Gasteiger partial charge < -0.3 is 20.1 Å². The summed E-state index contributed by atoms with van der Waals surface area (Å²) in [5.74, 6) is 2.22. The third-order valence-corrected chi connectivity index (χ3v) is 11.7. The number of likely N-dealkylation sites (tertiary alicyclic amines) is 1. The second-order valence-electron chi connectivity index (χ2n) is 13.3. The highest BCUT2D eigenvalue weighted by Crippen LogP contribution is 2.48. The summed E-state index contributed by atoms with van der Waals surface area (Å²) in [6, 6.07) is 7.42. The van der Waals surface area contributed by atoms with Gasteiger partial charge in [0, 0.05) is 55.8 Å². The standard InChI is InChI=1S/C34H42N8O2S/c1-3-29(43)42-13-10-22(11-14-42)23-19-26(37-28(20-23)41-17-15-40(16-18-41)24-7-4-5-8-24)32-38-33(44-39-32)34(2)12-6-9-27-30(34)25(21-35)31(36)45-27/h3,19-20,22,24H,1,4-18,36H2,2H3. The number of nitrogens with two attached hydrogens (primary N) is 1. The van der Waals surface area contributed by atoms with Crippen molar-refractivity contribution in [2.24, 2.45) is 0 Å². The minimum Gasteiger partial charge on any atom is -0.389 e. The second-order valence-corrected chi connectivity index (χ2v) is 14.4. The quantitative estimate of drug-likeness (QED) is 0.365. The molecule has 0 bridgehead atoms. The van der Waals surface area contributed by atoms with Crippen molar-refractivity contribution in [3.8, 4) is 17.6 Å². The van der Waals surface area contributed by atoms with E-state index in [4.69, 9.17) is 20.2 Å². The van der Waals surface area contributed by atoms with Gasteiger partial charge in [0.2, 0.25) is 17.6 Å². The Morgan fingerprint density at radius 3 is 2.58 bits per heavy atom. The fraction of sp³-hybridized carbons (Fsp3) is 0.559. The summed E-state index contributed by atoms with van der Waals surface area (Å²) in [5, 5.41) is 15.0. The number of nitrogen functional groups attached to an aromatic ring is 1. The molecule has 1 amide bonds. The van der Waals surface area contributed by atoms with E-state index in [-0.39, 0.29) is 5.91 Å². The van der Waals surface area contributed by atoms with Gasteiger partial charge in [-0.15, -0.1) is 11.3 Å². The molecule has 2 saturated heterocycles. The first-order valence-electron chi connectivity index (χ1n) is 16.5. The average molecular weight is 627 g/mol. The predicted octanol–water partition coefficient (Wildman–Crippen LogP) is 5.25. The fourth-order valence-electron chi connectivity index (χ4n) is 8.06. The van der Waals surface area contributed by atoms with Crippen molar-refractivity contribution in [2.45, 2.75) is 82.1 Å². The largest absolute Gasteiger partial charge is 0.389 e. The van der Waals surface area contributed by atoms with E-state index in [2.05, 4.69) is 46.7 Å². The van der Waals surface area contributed by atoms with Crippen LogP contribution in [0.3, 0.4) is 0 Å². The van der Waals surface area contributed by atoms with Crippen molar-refractivity contribution in [2.75, 3.05) is 49.9 Å². The van der Waals surface area contributed by atoms with Gasteiger partial charge in [0.05, 0.1) is 11.0 Å². The normalized spacial score (nSPS) is 23.2. The van der Waals surface area contributed by atoms with Crippen LogP contribution in [0.2, 0.25) is 0 Å². The number of hydrogen-bond donors (Lipinski definition) is 1. The molecule has 2 N–H and O–H groups in total. The topological polar surface area (TPSA) is 128 Å². The number of thiophene rings is 1. The lowest BCUT2D eigenvalue weighted by Crippen LogP contribution is -2.50. The van der Waals surface area contributed by atoms with Gasteiger partial charge in [0.25, 0.3) is 0 Å². The van der Waals surface area contributed by atoms with Crippen LogP contribution in [0.5, 0.6) is 0 Å². The molecule has 1 unspecified atom stereocenters. The minimum absolute atomic E-state index is 0.00434. The lowest BCUT2D eigenvalue weighted by atomic mass is 9.72. The van der Waals surface area contributed by atoms with Crippen LogP contribution >= 0.6 is 11.3 Å². The Morgan fingerprint density at radius 2 is 1.87 bits per heavy atom. The van der Waals surface area contributed by atoms with E-state index in [1.165, 1.54) is 48.7 Å². The molecule has 7 rings (SSSR count). The third-order valence-electron chi connectivity index (χ3n) is 10.6. The van der Waals surface area contributed by atoms with Crippen LogP contribution in [0, 0.1) is 11.3 Å². The molecule has 3 aromatic rings. The number of carbonyl (C=O) groups is 1. The number of rotatable bonds is 6. The van der Waals surface area contributed by atoms with Gasteiger partial charge in [0.15, 0.2) is 0 Å². The molecule has 1 saturated carbocycles. The number of pyridine rings is 1. The Kier molecular flexibility index (Phi) is 8.12. The zero-order valence-electron chi connectivity index (χ0n) is 26.1. The summed E-state index contributed by atoms with van der Waals surface area (Å²) in [7, 11) is 0. The highest BCUT2D eigenvalue weighted by Gasteiger charge is 2.43.